The van der Waals surface area contributed by atoms with E-state index in [2.05, 4.69) is 108 Å². The fourth-order valence-corrected chi connectivity index (χ4v) is 19.8. The number of likely N-dealkylation sites (tertiary alicyclic amines) is 2. The minimum atomic E-state index is -0.674. The number of esters is 2. The van der Waals surface area contributed by atoms with E-state index < -0.39 is 5.97 Å². The molecule has 0 unspecified atom stereocenters. The van der Waals surface area contributed by atoms with Crippen LogP contribution in [0.5, 0.6) is 17.2 Å². The minimum absolute atomic E-state index is 0. The average molecular weight is 1720 g/mol. The molecule has 3 saturated heterocycles. The van der Waals surface area contributed by atoms with Crippen LogP contribution >= 0.6 is 49.9 Å². The first kappa shape index (κ1) is 91.7. The summed E-state index contributed by atoms with van der Waals surface area (Å²) in [6, 6.07) is 36.7. The number of carboxylic acids is 1. The van der Waals surface area contributed by atoms with E-state index in [9.17, 15) is 29.1 Å². The van der Waals surface area contributed by atoms with Gasteiger partial charge >= 0.3 is 47.5 Å². The zero-order valence-electron chi connectivity index (χ0n) is 69.6. The summed E-state index contributed by atoms with van der Waals surface area (Å²) in [7, 11) is 2.94. The van der Waals surface area contributed by atoms with Crippen LogP contribution in [0.1, 0.15) is 201 Å². The number of ether oxygens (including phenoxy) is 5. The van der Waals surface area contributed by atoms with Gasteiger partial charge in [0.2, 0.25) is 0 Å². The minimum Gasteiger partial charge on any atom is -0.870 e. The van der Waals surface area contributed by atoms with E-state index in [1.165, 1.54) is 76.1 Å². The molecule has 6 atom stereocenters. The van der Waals surface area contributed by atoms with Gasteiger partial charge in [0.15, 0.2) is 0 Å². The summed E-state index contributed by atoms with van der Waals surface area (Å²) in [5.74, 6) is 3.05. The molecule has 0 bridgehead atoms. The molecule has 18 nitrogen and oxygen atoms in total. The Morgan fingerprint density at radius 3 is 1.10 bits per heavy atom. The Hall–Kier alpha value is -7.64. The molecule has 0 radical (unpaired) electrons. The Balaban J connectivity index is 0.000000177. The van der Waals surface area contributed by atoms with Crippen molar-refractivity contribution in [2.75, 3.05) is 53.5 Å². The van der Waals surface area contributed by atoms with E-state index in [0.29, 0.717) is 37.6 Å². The molecule has 3 aliphatic carbocycles. The number of hydrogen-bond acceptors (Lipinski definition) is 18. The van der Waals surface area contributed by atoms with Gasteiger partial charge in [-0.2, -0.15) is 0 Å². The molecule has 9 aromatic rings. The SMILES string of the molecule is C1CCNCC1.COC(=O)[C@@H]1CC[C@H](Cc2nc(-c3cc(C)ccc3OCc3ccc(Br)cc3C)cs2)C1.COC(=O)[C@@H]1CC[C@H](Cc2nc(-c3cc(C)ccc3OCc3ccc(C(=O)N4CCCCC4)cc3C)cs2)C1.Cc1ccc(OCc2ccc(C(=O)N3CCCCC3)cc2C)c(-c2csc(C[C@H]3CC[C@@H](C(=O)O)C3)n2)c1.[Na+].[OH-]. The first-order valence-electron chi connectivity index (χ1n) is 41.4. The first-order chi connectivity index (χ1) is 55.7. The average Bonchev–Trinajstić information content (AvgIpc) is 1.71. The largest absolute Gasteiger partial charge is 1.00 e. The maximum Gasteiger partial charge on any atom is 1.00 e. The van der Waals surface area contributed by atoms with Gasteiger partial charge < -0.3 is 49.4 Å². The van der Waals surface area contributed by atoms with Crippen molar-refractivity contribution in [3.8, 4) is 51.0 Å². The Morgan fingerprint density at radius 1 is 0.444 bits per heavy atom. The molecular formula is C94H114BrN6NaO12S3. The van der Waals surface area contributed by atoms with Gasteiger partial charge in [0.1, 0.15) is 37.1 Å². The molecular weight excluding hydrogens is 1600 g/mol. The molecule has 3 aliphatic heterocycles. The number of thiazole rings is 3. The Morgan fingerprint density at radius 2 is 0.786 bits per heavy atom. The summed E-state index contributed by atoms with van der Waals surface area (Å²) in [6.07, 6.45) is 21.8. The van der Waals surface area contributed by atoms with E-state index in [-0.39, 0.29) is 76.5 Å². The van der Waals surface area contributed by atoms with Crippen molar-refractivity contribution in [1.82, 2.24) is 30.1 Å². The quantitative estimate of drug-likeness (QED) is 0.0447. The van der Waals surface area contributed by atoms with Crippen LogP contribution in [0.2, 0.25) is 0 Å². The number of aromatic nitrogens is 3. The monoisotopic (exact) mass is 1720 g/mol. The second kappa shape index (κ2) is 45.1. The maximum atomic E-state index is 12.9. The van der Waals surface area contributed by atoms with Gasteiger partial charge in [-0.3, -0.25) is 24.0 Å². The van der Waals surface area contributed by atoms with Crippen molar-refractivity contribution in [2.45, 2.75) is 196 Å². The van der Waals surface area contributed by atoms with Crippen molar-refractivity contribution in [2.24, 2.45) is 35.5 Å². The van der Waals surface area contributed by atoms with Gasteiger partial charge in [-0.25, -0.2) is 15.0 Å². The van der Waals surface area contributed by atoms with Crippen molar-refractivity contribution >= 4 is 79.7 Å². The predicted molar refractivity (Wildman–Crippen MR) is 465 cm³/mol. The molecule has 3 aromatic heterocycles. The molecule has 2 amide bonds. The van der Waals surface area contributed by atoms with Gasteiger partial charge in [-0.15, -0.1) is 34.0 Å². The number of hydrogen-bond donors (Lipinski definition) is 2. The summed E-state index contributed by atoms with van der Waals surface area (Å²) in [6.45, 7) is 19.7. The second-order valence-electron chi connectivity index (χ2n) is 32.2. The van der Waals surface area contributed by atoms with Crippen LogP contribution in [0.25, 0.3) is 33.8 Å². The Bertz CT molecular complexity index is 4790. The number of carboxylic acid groups (broad SMARTS) is 1. The molecule has 6 aliphatic rings. The number of aliphatic carboxylic acids is 1. The van der Waals surface area contributed by atoms with Crippen molar-refractivity contribution in [1.29, 1.82) is 0 Å². The van der Waals surface area contributed by atoms with Gasteiger partial charge in [0, 0.05) is 93.9 Å². The van der Waals surface area contributed by atoms with Crippen LogP contribution in [-0.4, -0.2) is 119 Å². The van der Waals surface area contributed by atoms with Crippen molar-refractivity contribution < 1.29 is 87.8 Å². The molecule has 3 N–H and O–H groups in total. The number of nitrogens with zero attached hydrogens (tertiary/aromatic N) is 5. The van der Waals surface area contributed by atoms with Crippen LogP contribution in [-0.2, 0) is 62.9 Å². The summed E-state index contributed by atoms with van der Waals surface area (Å²) < 4.78 is 29.8. The zero-order valence-corrected chi connectivity index (χ0v) is 75.7. The molecule has 6 aromatic carbocycles. The summed E-state index contributed by atoms with van der Waals surface area (Å²) in [4.78, 5) is 79.6. The zero-order chi connectivity index (χ0) is 80.9. The summed E-state index contributed by atoms with van der Waals surface area (Å²) >= 11 is 8.52. The normalized spacial score (nSPS) is 18.9. The number of carbonyl (C=O) groups is 5. The topological polar surface area (TPSA) is 239 Å². The molecule has 618 valence electrons. The van der Waals surface area contributed by atoms with Gasteiger partial charge in [0.05, 0.1) is 64.1 Å². The van der Waals surface area contributed by atoms with E-state index in [4.69, 9.17) is 38.6 Å². The van der Waals surface area contributed by atoms with E-state index in [1.54, 1.807) is 34.0 Å². The van der Waals surface area contributed by atoms with Crippen LogP contribution in [0.15, 0.2) is 130 Å². The smallest absolute Gasteiger partial charge is 0.870 e. The van der Waals surface area contributed by atoms with Crippen LogP contribution in [0.4, 0.5) is 0 Å². The van der Waals surface area contributed by atoms with Gasteiger partial charge in [-0.05, 0) is 288 Å². The number of methoxy groups -OCH3 is 2. The van der Waals surface area contributed by atoms with Crippen LogP contribution < -0.4 is 49.1 Å². The number of nitrogens with one attached hydrogen (secondary N) is 1. The summed E-state index contributed by atoms with van der Waals surface area (Å²) in [5, 5.41) is 22.2. The first-order valence-corrected chi connectivity index (χ1v) is 44.8. The summed E-state index contributed by atoms with van der Waals surface area (Å²) in [5.41, 5.74) is 17.3. The standard InChI is InChI=1S/C32H38N2O4S.C31H36N2O4S.C26H28BrNO3S.C5H11N.Na.H2O/c1-21-7-12-29(38-19-26-11-10-24(16-22(26)2)31(35)34-13-5-4-6-14-34)27(15-21)28-20-39-30(33-28)18-23-8-9-25(17-23)32(36)37-3;1-20-6-11-28(26(14-20)27-19-38-29(32-27)17-22-7-8-24(16-22)31(35)36)37-18-25-10-9-23(15-21(25)2)30(34)33-12-4-3-5-13-33;1-16-4-9-24(31-14-20-7-8-21(27)11-17(20)2)22(10-16)23-15-32-25(28-23)13-18-5-6-19(12-18)26(29)30-3;1-2-4-6-5-3-1;;/h7,10-12,15-16,20,23,25H,4-6,8-9,13-14,17-19H2,1-3H3;6,9-11,14-15,19,22,24H,3-5,7-8,12-13,16-18H2,1-2H3,(H,35,36);4,7-11,15,18-19H,5-6,12-14H2,1-3H3;6H,1-5H2;;1H2/q;;;;+1;/p-1/t23-,25+;22-,24+;18-,19+;;;/m000.../s1. The number of halogens is 1. The number of benzene rings is 6. The predicted octanol–water partition coefficient (Wildman–Crippen LogP) is 17.9. The number of aryl methyl sites for hydroxylation is 6. The number of carbonyl (C=O) groups excluding carboxylic acids is 4. The third-order valence-electron chi connectivity index (χ3n) is 23.4. The number of amides is 2. The van der Waals surface area contributed by atoms with E-state index in [1.807, 2.05) is 90.4 Å². The van der Waals surface area contributed by atoms with Crippen molar-refractivity contribution in [3.05, 3.63) is 206 Å². The molecule has 3 saturated carbocycles. The van der Waals surface area contributed by atoms with Crippen LogP contribution in [0, 0.1) is 77.0 Å². The molecule has 15 rings (SSSR count). The molecule has 0 spiro atoms. The third-order valence-corrected chi connectivity index (χ3v) is 26.6. The molecule has 6 heterocycles. The number of piperidine rings is 3. The maximum absolute atomic E-state index is 12.9. The Kier molecular flexibility index (Phi) is 35.4. The second-order valence-corrected chi connectivity index (χ2v) is 36.0. The van der Waals surface area contributed by atoms with Crippen molar-refractivity contribution in [3.63, 3.8) is 0 Å². The Labute approximate surface area is 733 Å². The van der Waals surface area contributed by atoms with Gasteiger partial charge in [-0.1, -0.05) is 75.4 Å². The molecule has 6 fully saturated rings. The van der Waals surface area contributed by atoms with E-state index >= 15 is 0 Å². The van der Waals surface area contributed by atoms with Crippen LogP contribution in [0.3, 0.4) is 0 Å². The molecule has 117 heavy (non-hydrogen) atoms. The van der Waals surface area contributed by atoms with E-state index in [0.717, 1.165) is 244 Å². The third kappa shape index (κ3) is 25.9. The molecule has 23 heteroatoms. The fraction of sp³-hybridized carbons (Fsp3) is 0.468. The number of rotatable bonds is 23. The van der Waals surface area contributed by atoms with Gasteiger partial charge in [0.25, 0.3) is 11.8 Å². The fourth-order valence-electron chi connectivity index (χ4n) is 16.6.